The van der Waals surface area contributed by atoms with Gasteiger partial charge in [-0.15, -0.1) is 0 Å². The molecule has 1 aromatic heterocycles. The molecular weight excluding hydrogens is 369 g/mol. The average molecular weight is 386 g/mol. The van der Waals surface area contributed by atoms with Crippen molar-refractivity contribution in [3.8, 4) is 17.0 Å². The first-order chi connectivity index (χ1) is 12.5. The minimum absolute atomic E-state index is 0.277. The third-order valence-electron chi connectivity index (χ3n) is 3.62. The number of nitrogens with two attached hydrogens (primary N) is 1. The Morgan fingerprint density at radius 1 is 1.12 bits per heavy atom. The van der Waals surface area contributed by atoms with Crippen LogP contribution in [-0.4, -0.2) is 10.8 Å². The molecule has 0 bridgehead atoms. The first-order valence-corrected chi connectivity index (χ1v) is 8.72. The molecule has 0 atom stereocenters. The first kappa shape index (κ1) is 18.2. The zero-order valence-electron chi connectivity index (χ0n) is 14.1. The molecule has 3 aromatic rings. The smallest absolute Gasteiger partial charge is 0.146 e. The van der Waals surface area contributed by atoms with Crippen molar-refractivity contribution in [1.29, 1.82) is 0 Å². The summed E-state index contributed by atoms with van der Waals surface area (Å²) in [6, 6.07) is 16.6. The van der Waals surface area contributed by atoms with E-state index in [9.17, 15) is 0 Å². The number of halogens is 2. The second-order valence-electron chi connectivity index (χ2n) is 5.64. The molecule has 0 fully saturated rings. The Hall–Kier alpha value is -2.56. The topological polar surface area (TPSA) is 60.5 Å². The number of aliphatic imine (C=N–C) groups is 1. The molecule has 132 valence electrons. The number of ether oxygens (including phenoxy) is 1. The van der Waals surface area contributed by atoms with Crippen LogP contribution in [0.1, 0.15) is 12.5 Å². The third kappa shape index (κ3) is 4.34. The minimum atomic E-state index is 0.277. The van der Waals surface area contributed by atoms with E-state index in [1.165, 1.54) is 0 Å². The van der Waals surface area contributed by atoms with E-state index < -0.39 is 0 Å². The quantitative estimate of drug-likeness (QED) is 0.456. The average Bonchev–Trinajstić information content (AvgIpc) is 2.63. The number of pyridine rings is 1. The number of amidine groups is 1. The van der Waals surface area contributed by atoms with Gasteiger partial charge in [-0.3, -0.25) is 4.98 Å². The number of para-hydroxylation sites is 1. The first-order valence-electron chi connectivity index (χ1n) is 7.96. The van der Waals surface area contributed by atoms with Gasteiger partial charge in [0.15, 0.2) is 0 Å². The Balaban J connectivity index is 1.95. The van der Waals surface area contributed by atoms with Crippen LogP contribution in [0.4, 0.5) is 5.69 Å². The molecular formula is C20H17Cl2N3O. The molecule has 0 unspecified atom stereocenters. The van der Waals surface area contributed by atoms with Gasteiger partial charge in [-0.1, -0.05) is 41.4 Å². The highest BCUT2D eigenvalue weighted by Crippen LogP contribution is 2.35. The predicted molar refractivity (Wildman–Crippen MR) is 107 cm³/mol. The van der Waals surface area contributed by atoms with Crippen molar-refractivity contribution in [1.82, 2.24) is 4.98 Å². The highest BCUT2D eigenvalue weighted by Gasteiger charge is 2.12. The zero-order chi connectivity index (χ0) is 18.5. The van der Waals surface area contributed by atoms with Crippen molar-refractivity contribution < 1.29 is 4.74 Å². The molecule has 26 heavy (non-hydrogen) atoms. The number of benzene rings is 2. The molecule has 6 heteroatoms. The monoisotopic (exact) mass is 385 g/mol. The van der Waals surface area contributed by atoms with E-state index in [-0.39, 0.29) is 6.61 Å². The maximum atomic E-state index is 6.22. The molecule has 0 spiro atoms. The molecule has 2 aromatic carbocycles. The van der Waals surface area contributed by atoms with Crippen molar-refractivity contribution in [2.24, 2.45) is 10.7 Å². The predicted octanol–water partition coefficient (Wildman–Crippen LogP) is 5.64. The molecule has 1 heterocycles. The van der Waals surface area contributed by atoms with Gasteiger partial charge in [0, 0.05) is 27.4 Å². The second-order valence-corrected chi connectivity index (χ2v) is 6.49. The molecule has 0 saturated carbocycles. The highest BCUT2D eigenvalue weighted by atomic mass is 35.5. The number of rotatable bonds is 5. The lowest BCUT2D eigenvalue weighted by molar-refractivity contribution is 0.306. The molecule has 0 aliphatic carbocycles. The number of hydrogen-bond donors (Lipinski definition) is 1. The van der Waals surface area contributed by atoms with E-state index in [1.807, 2.05) is 36.4 Å². The van der Waals surface area contributed by atoms with Gasteiger partial charge in [-0.2, -0.15) is 0 Å². The Bertz CT molecular complexity index is 953. The molecule has 0 saturated heterocycles. The Labute approximate surface area is 162 Å². The van der Waals surface area contributed by atoms with E-state index in [0.717, 1.165) is 16.8 Å². The summed E-state index contributed by atoms with van der Waals surface area (Å²) in [6.45, 7) is 2.02. The Morgan fingerprint density at radius 2 is 1.92 bits per heavy atom. The van der Waals surface area contributed by atoms with Crippen molar-refractivity contribution in [2.45, 2.75) is 13.5 Å². The molecule has 2 N–H and O–H groups in total. The van der Waals surface area contributed by atoms with E-state index >= 15 is 0 Å². The van der Waals surface area contributed by atoms with Crippen molar-refractivity contribution in [2.75, 3.05) is 0 Å². The molecule has 0 amide bonds. The van der Waals surface area contributed by atoms with E-state index in [0.29, 0.717) is 27.3 Å². The van der Waals surface area contributed by atoms with E-state index in [2.05, 4.69) is 9.98 Å². The molecule has 3 rings (SSSR count). The van der Waals surface area contributed by atoms with Crippen molar-refractivity contribution >= 4 is 34.7 Å². The summed E-state index contributed by atoms with van der Waals surface area (Å²) < 4.78 is 5.99. The number of hydrogen-bond acceptors (Lipinski definition) is 3. The van der Waals surface area contributed by atoms with Gasteiger partial charge in [0.25, 0.3) is 0 Å². The van der Waals surface area contributed by atoms with Crippen LogP contribution >= 0.6 is 23.2 Å². The van der Waals surface area contributed by atoms with Crippen LogP contribution in [-0.2, 0) is 6.61 Å². The fourth-order valence-electron chi connectivity index (χ4n) is 2.48. The van der Waals surface area contributed by atoms with Crippen LogP contribution in [0.25, 0.3) is 11.3 Å². The summed E-state index contributed by atoms with van der Waals surface area (Å²) in [5, 5.41) is 1.21. The summed E-state index contributed by atoms with van der Waals surface area (Å²) in [7, 11) is 0. The molecule has 4 nitrogen and oxygen atoms in total. The lowest BCUT2D eigenvalue weighted by atomic mass is 10.1. The normalized spacial score (nSPS) is 11.4. The zero-order valence-corrected chi connectivity index (χ0v) is 15.6. The van der Waals surface area contributed by atoms with Gasteiger partial charge in [-0.05, 0) is 43.3 Å². The number of nitrogens with zero attached hydrogens (tertiary/aromatic N) is 2. The van der Waals surface area contributed by atoms with Gasteiger partial charge < -0.3 is 10.5 Å². The van der Waals surface area contributed by atoms with Crippen LogP contribution in [0.15, 0.2) is 65.8 Å². The van der Waals surface area contributed by atoms with Crippen LogP contribution in [0.2, 0.25) is 10.0 Å². The molecule has 0 aliphatic heterocycles. The van der Waals surface area contributed by atoms with Gasteiger partial charge in [-0.25, -0.2) is 4.99 Å². The summed E-state index contributed by atoms with van der Waals surface area (Å²) in [5.41, 5.74) is 8.81. The Kier molecular flexibility index (Phi) is 5.76. The van der Waals surface area contributed by atoms with Crippen LogP contribution in [0.5, 0.6) is 5.75 Å². The fraction of sp³-hybridized carbons (Fsp3) is 0.100. The number of aromatic nitrogens is 1. The summed E-state index contributed by atoms with van der Waals surface area (Å²) in [6.07, 6.45) is 1.71. The van der Waals surface area contributed by atoms with Gasteiger partial charge in [0.1, 0.15) is 18.1 Å². The van der Waals surface area contributed by atoms with Crippen molar-refractivity contribution in [3.05, 3.63) is 76.4 Å². The summed E-state index contributed by atoms with van der Waals surface area (Å²) in [5.74, 6) is 1.10. The van der Waals surface area contributed by atoms with E-state index in [1.54, 1.807) is 31.3 Å². The standard InChI is InChI=1S/C20H17Cl2N3O/c1-13(23)25-18-6-3-2-5-16(18)20-19(7-4-10-24-20)26-12-14-11-15(21)8-9-17(14)22/h2-11H,12H2,1H3,(H2,23,25). The summed E-state index contributed by atoms with van der Waals surface area (Å²) in [4.78, 5) is 8.86. The van der Waals surface area contributed by atoms with Gasteiger partial charge >= 0.3 is 0 Å². The minimum Gasteiger partial charge on any atom is -0.487 e. The van der Waals surface area contributed by atoms with Crippen LogP contribution in [0.3, 0.4) is 0 Å². The lowest BCUT2D eigenvalue weighted by Gasteiger charge is -2.13. The maximum Gasteiger partial charge on any atom is 0.146 e. The molecule has 0 radical (unpaired) electrons. The fourth-order valence-corrected chi connectivity index (χ4v) is 2.85. The van der Waals surface area contributed by atoms with Gasteiger partial charge in [0.2, 0.25) is 0 Å². The lowest BCUT2D eigenvalue weighted by Crippen LogP contribution is -2.04. The largest absolute Gasteiger partial charge is 0.487 e. The second kappa shape index (κ2) is 8.21. The van der Waals surface area contributed by atoms with Crippen LogP contribution in [0, 0.1) is 0 Å². The molecule has 0 aliphatic rings. The summed E-state index contributed by atoms with van der Waals surface area (Å²) >= 11 is 12.3. The van der Waals surface area contributed by atoms with Gasteiger partial charge in [0.05, 0.1) is 11.5 Å². The van der Waals surface area contributed by atoms with E-state index in [4.69, 9.17) is 33.7 Å². The maximum absolute atomic E-state index is 6.22. The van der Waals surface area contributed by atoms with Crippen LogP contribution < -0.4 is 10.5 Å². The van der Waals surface area contributed by atoms with Crippen molar-refractivity contribution in [3.63, 3.8) is 0 Å². The Morgan fingerprint density at radius 3 is 2.73 bits per heavy atom. The highest BCUT2D eigenvalue weighted by molar-refractivity contribution is 6.33. The SMILES string of the molecule is CC(N)=Nc1ccccc1-c1ncccc1OCc1cc(Cl)ccc1Cl. The third-order valence-corrected chi connectivity index (χ3v) is 4.22.